The molecule has 1 aromatic carbocycles. The van der Waals surface area contributed by atoms with E-state index >= 15 is 0 Å². The Hall–Kier alpha value is -2.72. The van der Waals surface area contributed by atoms with E-state index in [1.807, 2.05) is 6.92 Å². The van der Waals surface area contributed by atoms with E-state index < -0.39 is 28.7 Å². The summed E-state index contributed by atoms with van der Waals surface area (Å²) in [6.07, 6.45) is 0.275. The summed E-state index contributed by atoms with van der Waals surface area (Å²) in [5.41, 5.74) is 5.22. The van der Waals surface area contributed by atoms with Crippen LogP contribution in [-0.2, 0) is 14.3 Å². The number of nitro benzene ring substituents is 1. The Morgan fingerprint density at radius 3 is 2.59 bits per heavy atom. The molecule has 0 fully saturated rings. The standard InChI is InChI=1S/C17H25N3O7/c1-4-26-10-27-9-13(7-11(2)16(18)21)19-17(22)12-5-6-14(20(23)24)15(8-12)25-3/h5-6,8,11,13H,4,7,9-10H2,1-3H3,(H2,18,21)(H,19,22)/t11-,13-/m0/s1. The topological polar surface area (TPSA) is 143 Å². The summed E-state index contributed by atoms with van der Waals surface area (Å²) in [5.74, 6) is -1.47. The number of rotatable bonds is 12. The Balaban J connectivity index is 2.87. The van der Waals surface area contributed by atoms with E-state index in [0.717, 1.165) is 0 Å². The molecular weight excluding hydrogens is 358 g/mol. The maximum Gasteiger partial charge on any atom is 0.310 e. The summed E-state index contributed by atoms with van der Waals surface area (Å²) in [6.45, 7) is 4.13. The summed E-state index contributed by atoms with van der Waals surface area (Å²) < 4.78 is 15.4. The maximum absolute atomic E-state index is 12.5. The first-order chi connectivity index (χ1) is 12.8. The van der Waals surface area contributed by atoms with Crippen molar-refractivity contribution in [3.05, 3.63) is 33.9 Å². The number of hydrogen-bond donors (Lipinski definition) is 2. The van der Waals surface area contributed by atoms with E-state index in [9.17, 15) is 19.7 Å². The number of methoxy groups -OCH3 is 1. The highest BCUT2D eigenvalue weighted by Gasteiger charge is 2.22. The van der Waals surface area contributed by atoms with Gasteiger partial charge in [0, 0.05) is 30.2 Å². The van der Waals surface area contributed by atoms with E-state index in [1.54, 1.807) is 6.92 Å². The number of nitro groups is 1. The van der Waals surface area contributed by atoms with E-state index in [4.69, 9.17) is 19.9 Å². The Morgan fingerprint density at radius 1 is 1.33 bits per heavy atom. The number of carbonyl (C=O) groups excluding carboxylic acids is 2. The molecule has 3 N–H and O–H groups in total. The van der Waals surface area contributed by atoms with Crippen molar-refractivity contribution < 1.29 is 28.7 Å². The maximum atomic E-state index is 12.5. The van der Waals surface area contributed by atoms with Gasteiger partial charge in [-0.05, 0) is 19.4 Å². The van der Waals surface area contributed by atoms with E-state index in [1.165, 1.54) is 25.3 Å². The highest BCUT2D eigenvalue weighted by molar-refractivity contribution is 5.95. The lowest BCUT2D eigenvalue weighted by molar-refractivity contribution is -0.385. The number of amides is 2. The van der Waals surface area contributed by atoms with Crippen molar-refractivity contribution in [3.63, 3.8) is 0 Å². The number of ether oxygens (including phenoxy) is 3. The van der Waals surface area contributed by atoms with Crippen molar-refractivity contribution in [2.75, 3.05) is 27.1 Å². The van der Waals surface area contributed by atoms with Crippen LogP contribution in [0.3, 0.4) is 0 Å². The van der Waals surface area contributed by atoms with E-state index in [-0.39, 0.29) is 36.8 Å². The normalized spacial score (nSPS) is 12.9. The van der Waals surface area contributed by atoms with Gasteiger partial charge in [0.05, 0.1) is 24.7 Å². The summed E-state index contributed by atoms with van der Waals surface area (Å²) in [6, 6.07) is 3.30. The Kier molecular flexibility index (Phi) is 9.17. The molecule has 0 aliphatic rings. The predicted molar refractivity (Wildman–Crippen MR) is 96.3 cm³/mol. The number of nitrogens with one attached hydrogen (secondary N) is 1. The highest BCUT2D eigenvalue weighted by atomic mass is 16.7. The van der Waals surface area contributed by atoms with Crippen molar-refractivity contribution in [1.29, 1.82) is 0 Å². The van der Waals surface area contributed by atoms with Crippen LogP contribution < -0.4 is 15.8 Å². The summed E-state index contributed by atoms with van der Waals surface area (Å²) in [4.78, 5) is 34.2. The van der Waals surface area contributed by atoms with Gasteiger partial charge in [0.1, 0.15) is 6.79 Å². The second-order valence-corrected chi connectivity index (χ2v) is 5.83. The molecule has 0 saturated carbocycles. The van der Waals surface area contributed by atoms with Gasteiger partial charge in [-0.3, -0.25) is 19.7 Å². The van der Waals surface area contributed by atoms with Gasteiger partial charge >= 0.3 is 5.69 Å². The molecule has 2 atom stereocenters. The Morgan fingerprint density at radius 2 is 2.04 bits per heavy atom. The molecule has 1 aromatic rings. The van der Waals surface area contributed by atoms with Crippen LogP contribution in [-0.4, -0.2) is 49.9 Å². The smallest absolute Gasteiger partial charge is 0.310 e. The fourth-order valence-corrected chi connectivity index (χ4v) is 2.28. The molecule has 0 bridgehead atoms. The van der Waals surface area contributed by atoms with Crippen LogP contribution in [0, 0.1) is 16.0 Å². The minimum atomic E-state index is -0.598. The third-order valence-electron chi connectivity index (χ3n) is 3.79. The van der Waals surface area contributed by atoms with Crippen molar-refractivity contribution in [1.82, 2.24) is 5.32 Å². The van der Waals surface area contributed by atoms with Crippen molar-refractivity contribution >= 4 is 17.5 Å². The lowest BCUT2D eigenvalue weighted by Crippen LogP contribution is -2.41. The summed E-state index contributed by atoms with van der Waals surface area (Å²) in [7, 11) is 1.28. The largest absolute Gasteiger partial charge is 0.490 e. The van der Waals surface area contributed by atoms with Crippen molar-refractivity contribution in [2.45, 2.75) is 26.3 Å². The molecule has 2 amide bonds. The molecule has 0 unspecified atom stereocenters. The van der Waals surface area contributed by atoms with Crippen LogP contribution in [0.5, 0.6) is 5.75 Å². The lowest BCUT2D eigenvalue weighted by Gasteiger charge is -2.21. The number of benzene rings is 1. The summed E-state index contributed by atoms with van der Waals surface area (Å²) >= 11 is 0. The first-order valence-corrected chi connectivity index (χ1v) is 8.38. The number of hydrogen-bond acceptors (Lipinski definition) is 7. The van der Waals surface area contributed by atoms with Gasteiger partial charge in [-0.2, -0.15) is 0 Å². The number of nitrogens with two attached hydrogens (primary N) is 1. The third kappa shape index (κ3) is 7.19. The van der Waals surface area contributed by atoms with E-state index in [2.05, 4.69) is 5.32 Å². The van der Waals surface area contributed by atoms with Crippen LogP contribution in [0.25, 0.3) is 0 Å². The molecule has 0 aromatic heterocycles. The zero-order chi connectivity index (χ0) is 20.4. The average Bonchev–Trinajstić information content (AvgIpc) is 2.64. The lowest BCUT2D eigenvalue weighted by atomic mass is 10.0. The van der Waals surface area contributed by atoms with Gasteiger partial charge in [0.15, 0.2) is 5.75 Å². The Bertz CT molecular complexity index is 666. The highest BCUT2D eigenvalue weighted by Crippen LogP contribution is 2.27. The van der Waals surface area contributed by atoms with Crippen LogP contribution in [0.1, 0.15) is 30.6 Å². The molecule has 10 nitrogen and oxygen atoms in total. The van der Waals surface area contributed by atoms with Crippen LogP contribution in [0.2, 0.25) is 0 Å². The molecule has 10 heteroatoms. The molecule has 150 valence electrons. The van der Waals surface area contributed by atoms with Gasteiger partial charge in [-0.1, -0.05) is 6.92 Å². The minimum Gasteiger partial charge on any atom is -0.490 e. The molecule has 0 radical (unpaired) electrons. The first kappa shape index (κ1) is 22.3. The molecule has 0 spiro atoms. The van der Waals surface area contributed by atoms with Crippen molar-refractivity contribution in [2.24, 2.45) is 11.7 Å². The first-order valence-electron chi connectivity index (χ1n) is 8.38. The fourth-order valence-electron chi connectivity index (χ4n) is 2.28. The number of carbonyl (C=O) groups is 2. The number of nitrogens with zero attached hydrogens (tertiary/aromatic N) is 1. The number of primary amides is 1. The SMILES string of the molecule is CCOCOC[C@H](C[C@H](C)C(N)=O)NC(=O)c1ccc([N+](=O)[O-])c(OC)c1. The monoisotopic (exact) mass is 383 g/mol. The molecule has 0 heterocycles. The molecular formula is C17H25N3O7. The molecule has 1 rings (SSSR count). The zero-order valence-electron chi connectivity index (χ0n) is 15.6. The van der Waals surface area contributed by atoms with Gasteiger partial charge in [-0.25, -0.2) is 0 Å². The average molecular weight is 383 g/mol. The predicted octanol–water partition coefficient (Wildman–Crippen LogP) is 1.22. The zero-order valence-corrected chi connectivity index (χ0v) is 15.6. The fraction of sp³-hybridized carbons (Fsp3) is 0.529. The summed E-state index contributed by atoms with van der Waals surface area (Å²) in [5, 5.41) is 13.7. The van der Waals surface area contributed by atoms with Gasteiger partial charge in [-0.15, -0.1) is 0 Å². The van der Waals surface area contributed by atoms with E-state index in [0.29, 0.717) is 6.61 Å². The van der Waals surface area contributed by atoms with Crippen LogP contribution >= 0.6 is 0 Å². The molecule has 0 aliphatic heterocycles. The third-order valence-corrected chi connectivity index (χ3v) is 3.79. The van der Waals surface area contributed by atoms with Crippen LogP contribution in [0.4, 0.5) is 5.69 Å². The van der Waals surface area contributed by atoms with Gasteiger partial charge in [0.2, 0.25) is 5.91 Å². The quantitative estimate of drug-likeness (QED) is 0.239. The van der Waals surface area contributed by atoms with Gasteiger partial charge < -0.3 is 25.3 Å². The second kappa shape index (κ2) is 11.1. The van der Waals surface area contributed by atoms with Crippen LogP contribution in [0.15, 0.2) is 18.2 Å². The molecule has 0 aliphatic carbocycles. The molecule has 0 saturated heterocycles. The molecule has 27 heavy (non-hydrogen) atoms. The van der Waals surface area contributed by atoms with Crippen molar-refractivity contribution in [3.8, 4) is 5.75 Å². The minimum absolute atomic E-state index is 0.0256. The second-order valence-electron chi connectivity index (χ2n) is 5.83. The van der Waals surface area contributed by atoms with Gasteiger partial charge in [0.25, 0.3) is 5.91 Å². The Labute approximate surface area is 157 Å².